The van der Waals surface area contributed by atoms with Crippen molar-refractivity contribution in [3.05, 3.63) is 179 Å². The van der Waals surface area contributed by atoms with E-state index in [9.17, 15) is 20.2 Å². The van der Waals surface area contributed by atoms with Gasteiger partial charge in [-0.2, -0.15) is 0 Å². The Morgan fingerprint density at radius 2 is 1.18 bits per heavy atom. The van der Waals surface area contributed by atoms with Gasteiger partial charge in [0.1, 0.15) is 49.3 Å². The van der Waals surface area contributed by atoms with Crippen LogP contribution in [0.25, 0.3) is 10.4 Å². The zero-order valence-electron chi connectivity index (χ0n) is 38.8. The van der Waals surface area contributed by atoms with E-state index in [0.717, 1.165) is 21.5 Å². The Labute approximate surface area is 397 Å². The molecule has 2 aliphatic rings. The number of nitrogens with zero attached hydrogens (tertiary/aromatic N) is 3. The molecule has 16 heteroatoms. The number of aliphatic hydroxyl groups excluding tert-OH is 1. The van der Waals surface area contributed by atoms with E-state index >= 15 is 0 Å². The van der Waals surface area contributed by atoms with Crippen LogP contribution in [0, 0.1) is 0 Å². The Kier molecular flexibility index (Phi) is 17.3. The number of benzene rings is 5. The van der Waals surface area contributed by atoms with Gasteiger partial charge in [0, 0.05) is 18.9 Å². The lowest BCUT2D eigenvalue weighted by molar-refractivity contribution is -0.351. The monoisotopic (exact) mass is 945 g/mol. The number of aliphatic hydroxyl groups is 1. The molecule has 15 nitrogen and oxygen atoms in total. The number of esters is 2. The highest BCUT2D eigenvalue weighted by molar-refractivity contribution is 6.99. The predicted octanol–water partition coefficient (Wildman–Crippen LogP) is 7.04. The summed E-state index contributed by atoms with van der Waals surface area (Å²) in [6.45, 7) is 7.23. The fraction of sp³-hybridized carbons (Fsp3) is 0.385. The van der Waals surface area contributed by atoms with Gasteiger partial charge in [0.15, 0.2) is 18.7 Å². The summed E-state index contributed by atoms with van der Waals surface area (Å²) >= 11 is 0. The van der Waals surface area contributed by atoms with Crippen LogP contribution in [0.5, 0.6) is 0 Å². The molecule has 68 heavy (non-hydrogen) atoms. The van der Waals surface area contributed by atoms with Crippen molar-refractivity contribution in [1.29, 1.82) is 0 Å². The van der Waals surface area contributed by atoms with Gasteiger partial charge in [-0.25, -0.2) is 4.79 Å². The average Bonchev–Trinajstić information content (AvgIpc) is 3.35. The Bertz CT molecular complexity index is 2350. The highest BCUT2D eigenvalue weighted by Crippen LogP contribution is 2.39. The van der Waals surface area contributed by atoms with E-state index in [1.165, 1.54) is 14.0 Å². The minimum atomic E-state index is -3.23. The Morgan fingerprint density at radius 1 is 0.676 bits per heavy atom. The van der Waals surface area contributed by atoms with Gasteiger partial charge in [-0.3, -0.25) is 4.79 Å². The first-order chi connectivity index (χ1) is 32.9. The zero-order chi connectivity index (χ0) is 48.1. The molecule has 0 bridgehead atoms. The summed E-state index contributed by atoms with van der Waals surface area (Å²) in [5.41, 5.74) is 11.7. The van der Waals surface area contributed by atoms with Crippen LogP contribution in [0.2, 0.25) is 5.04 Å². The summed E-state index contributed by atoms with van der Waals surface area (Å²) < 4.78 is 58.3. The summed E-state index contributed by atoms with van der Waals surface area (Å²) in [6, 6.07) is 46.1. The Hall–Kier alpha value is -5.75. The minimum Gasteiger partial charge on any atom is -0.463 e. The number of methoxy groups -OCH3 is 1. The molecule has 0 radical (unpaired) electrons. The van der Waals surface area contributed by atoms with E-state index < -0.39 is 86.6 Å². The molecule has 0 aromatic heterocycles. The van der Waals surface area contributed by atoms with E-state index in [2.05, 4.69) is 55.1 Å². The molecule has 2 aliphatic heterocycles. The first kappa shape index (κ1) is 50.1. The first-order valence-electron chi connectivity index (χ1n) is 22.6. The second-order valence-electron chi connectivity index (χ2n) is 17.6. The summed E-state index contributed by atoms with van der Waals surface area (Å²) in [4.78, 5) is 29.6. The van der Waals surface area contributed by atoms with Crippen LogP contribution in [-0.2, 0) is 60.3 Å². The van der Waals surface area contributed by atoms with E-state index in [0.29, 0.717) is 0 Å². The standard InChI is InChI=1S/C52H59N3O12Si/c1-35(56)60-33-42-45(46(43(54-55-53)50(59-5)65-42)61-31-36-21-11-6-12-22-36)67-51-48(66-49(58)38-25-15-8-16-26-38)47(62-32-37-23-13-7-14-24-37)44(57)41(64-51)34-63-68(52(2,3)4,39-27-17-9-18-28-39)40-29-19-10-20-30-40/h6-30,41-48,50-51,57H,31-34H2,1-5H3/t41-,42+,43+,44+,45+,46+,47-,48+,50-,51-/m0/s1. The molecular weight excluding hydrogens is 887 g/mol. The summed E-state index contributed by atoms with van der Waals surface area (Å²) in [7, 11) is -1.84. The molecule has 0 amide bonds. The predicted molar refractivity (Wildman–Crippen MR) is 254 cm³/mol. The quantitative estimate of drug-likeness (QED) is 0.0293. The van der Waals surface area contributed by atoms with Gasteiger partial charge in [0.05, 0.1) is 25.4 Å². The lowest BCUT2D eigenvalue weighted by Crippen LogP contribution is -2.69. The van der Waals surface area contributed by atoms with E-state index in [1.807, 2.05) is 97.1 Å². The highest BCUT2D eigenvalue weighted by atomic mass is 28.4. The fourth-order valence-corrected chi connectivity index (χ4v) is 13.4. The fourth-order valence-electron chi connectivity index (χ4n) is 8.84. The van der Waals surface area contributed by atoms with Crippen molar-refractivity contribution in [3.63, 3.8) is 0 Å². The minimum absolute atomic E-state index is 0.00979. The van der Waals surface area contributed by atoms with Crippen molar-refractivity contribution in [3.8, 4) is 0 Å². The van der Waals surface area contributed by atoms with Crippen molar-refractivity contribution in [2.24, 2.45) is 5.11 Å². The van der Waals surface area contributed by atoms with Crippen LogP contribution in [0.3, 0.4) is 0 Å². The number of ether oxygens (including phenoxy) is 8. The molecule has 358 valence electrons. The number of carbonyl (C=O) groups excluding carboxylic acids is 2. The summed E-state index contributed by atoms with van der Waals surface area (Å²) in [5.74, 6) is -1.34. The van der Waals surface area contributed by atoms with Crippen molar-refractivity contribution < 1.29 is 57.0 Å². The van der Waals surface area contributed by atoms with Crippen LogP contribution in [0.1, 0.15) is 49.2 Å². The smallest absolute Gasteiger partial charge is 0.338 e. The molecule has 5 aromatic rings. The van der Waals surface area contributed by atoms with Crippen molar-refractivity contribution in [1.82, 2.24) is 0 Å². The second-order valence-corrected chi connectivity index (χ2v) is 21.9. The molecule has 2 saturated heterocycles. The van der Waals surface area contributed by atoms with Gasteiger partial charge < -0.3 is 47.4 Å². The molecule has 10 atom stereocenters. The van der Waals surface area contributed by atoms with Crippen LogP contribution < -0.4 is 10.4 Å². The Balaban J connectivity index is 1.34. The van der Waals surface area contributed by atoms with Gasteiger partial charge in [-0.15, -0.1) is 0 Å². The third-order valence-corrected chi connectivity index (χ3v) is 17.1. The molecule has 0 unspecified atom stereocenters. The summed E-state index contributed by atoms with van der Waals surface area (Å²) in [6.07, 6.45) is -11.6. The van der Waals surface area contributed by atoms with Crippen LogP contribution in [-0.4, -0.2) is 107 Å². The maximum absolute atomic E-state index is 14.2. The normalized spacial score (nSPS) is 25.1. The van der Waals surface area contributed by atoms with Gasteiger partial charge in [0.25, 0.3) is 8.32 Å². The Morgan fingerprint density at radius 3 is 1.68 bits per heavy atom. The number of azide groups is 1. The van der Waals surface area contributed by atoms with Gasteiger partial charge in [0.2, 0.25) is 0 Å². The van der Waals surface area contributed by atoms with Crippen molar-refractivity contribution in [2.75, 3.05) is 20.3 Å². The average molecular weight is 946 g/mol. The molecule has 2 fully saturated rings. The SMILES string of the molecule is CO[C@H]1O[C@H](COC(C)=O)[C@@H](O[C@@H]2O[C@@H](CO[Si](c3ccccc3)(c3ccccc3)C(C)(C)C)[C@@H](O)[C@H](OCc3ccccc3)[C@H]2OC(=O)c2ccccc2)[C@H](OCc2ccccc2)[C@H]1N=[N+]=[N-]. The molecule has 5 aromatic carbocycles. The maximum atomic E-state index is 14.2. The molecule has 0 spiro atoms. The molecule has 2 heterocycles. The number of rotatable bonds is 19. The lowest BCUT2D eigenvalue weighted by Gasteiger charge is -2.49. The first-order valence-corrected chi connectivity index (χ1v) is 24.5. The second kappa shape index (κ2) is 23.5. The van der Waals surface area contributed by atoms with Crippen LogP contribution in [0.15, 0.2) is 157 Å². The van der Waals surface area contributed by atoms with Gasteiger partial charge >= 0.3 is 11.9 Å². The molecule has 0 aliphatic carbocycles. The van der Waals surface area contributed by atoms with E-state index in [1.54, 1.807) is 30.3 Å². The lowest BCUT2D eigenvalue weighted by atomic mass is 9.95. The van der Waals surface area contributed by atoms with E-state index in [4.69, 9.17) is 42.3 Å². The van der Waals surface area contributed by atoms with Crippen molar-refractivity contribution >= 4 is 30.6 Å². The molecular formula is C52H59N3O12Si. The number of hydrogen-bond acceptors (Lipinski definition) is 13. The van der Waals surface area contributed by atoms with Crippen LogP contribution >= 0.6 is 0 Å². The van der Waals surface area contributed by atoms with Gasteiger partial charge in [-0.1, -0.05) is 165 Å². The molecule has 7 rings (SSSR count). The topological polar surface area (TPSA) is 186 Å². The van der Waals surface area contributed by atoms with Gasteiger partial charge in [-0.05, 0) is 44.2 Å². The third kappa shape index (κ3) is 11.9. The maximum Gasteiger partial charge on any atom is 0.338 e. The largest absolute Gasteiger partial charge is 0.463 e. The third-order valence-electron chi connectivity index (χ3n) is 12.1. The number of hydrogen-bond donors (Lipinski definition) is 1. The van der Waals surface area contributed by atoms with E-state index in [-0.39, 0.29) is 32.0 Å². The molecule has 1 N–H and O–H groups in total. The highest BCUT2D eigenvalue weighted by Gasteiger charge is 2.56. The van der Waals surface area contributed by atoms with Crippen molar-refractivity contribution in [2.45, 2.75) is 107 Å². The van der Waals surface area contributed by atoms with Crippen LogP contribution in [0.4, 0.5) is 0 Å². The number of carbonyl (C=O) groups is 2. The molecule has 0 saturated carbocycles. The zero-order valence-corrected chi connectivity index (χ0v) is 39.8. The summed E-state index contributed by atoms with van der Waals surface area (Å²) in [5, 5.41) is 18.3.